The maximum absolute atomic E-state index is 12.5. The lowest BCUT2D eigenvalue weighted by molar-refractivity contribution is -0.150. The molecule has 0 bridgehead atoms. The summed E-state index contributed by atoms with van der Waals surface area (Å²) in [4.78, 5) is 26.8. The third-order valence-electron chi connectivity index (χ3n) is 10.5. The van der Waals surface area contributed by atoms with Gasteiger partial charge in [0.2, 0.25) is 0 Å². The summed E-state index contributed by atoms with van der Waals surface area (Å²) in [5.74, 6) is 0.982. The van der Waals surface area contributed by atoms with Crippen LogP contribution in [0, 0.1) is 11.8 Å². The SMILES string of the molecule is CC(OCCCCCCCCCC(CCCCCCCCCOC(=O)C1CCCCC1)OC(=O)CCCN(C)C)C1CCCCC1. The molecule has 270 valence electrons. The Balaban J connectivity index is 1.48. The molecule has 46 heavy (non-hydrogen) atoms. The van der Waals surface area contributed by atoms with Crippen molar-refractivity contribution in [3.05, 3.63) is 0 Å². The van der Waals surface area contributed by atoms with Crippen LogP contribution in [0.25, 0.3) is 0 Å². The van der Waals surface area contributed by atoms with Crippen molar-refractivity contribution < 1.29 is 23.8 Å². The van der Waals surface area contributed by atoms with Gasteiger partial charge in [0.1, 0.15) is 6.10 Å². The van der Waals surface area contributed by atoms with Crippen LogP contribution in [0.2, 0.25) is 0 Å². The van der Waals surface area contributed by atoms with Gasteiger partial charge in [-0.1, -0.05) is 103 Å². The highest BCUT2D eigenvalue weighted by Gasteiger charge is 2.22. The Morgan fingerprint density at radius 1 is 0.630 bits per heavy atom. The number of hydrogen-bond donors (Lipinski definition) is 0. The summed E-state index contributed by atoms with van der Waals surface area (Å²) in [7, 11) is 4.10. The molecule has 2 unspecified atom stereocenters. The van der Waals surface area contributed by atoms with Gasteiger partial charge in [0, 0.05) is 13.0 Å². The lowest BCUT2D eigenvalue weighted by Crippen LogP contribution is -2.23. The highest BCUT2D eigenvalue weighted by Crippen LogP contribution is 2.28. The molecule has 0 heterocycles. The molecule has 0 aromatic rings. The number of rotatable bonds is 28. The number of hydrogen-bond acceptors (Lipinski definition) is 6. The molecule has 2 atom stereocenters. The van der Waals surface area contributed by atoms with Crippen LogP contribution in [-0.4, -0.2) is 62.9 Å². The van der Waals surface area contributed by atoms with Gasteiger partial charge in [0.05, 0.1) is 18.6 Å². The zero-order chi connectivity index (χ0) is 33.1. The van der Waals surface area contributed by atoms with E-state index in [0.717, 1.165) is 76.9 Å². The predicted octanol–water partition coefficient (Wildman–Crippen LogP) is 10.6. The second-order valence-corrected chi connectivity index (χ2v) is 15.0. The number of unbranched alkanes of at least 4 members (excludes halogenated alkanes) is 12. The Kier molecular flexibility index (Phi) is 24.8. The van der Waals surface area contributed by atoms with Crippen LogP contribution >= 0.6 is 0 Å². The smallest absolute Gasteiger partial charge is 0.308 e. The molecule has 0 spiro atoms. The van der Waals surface area contributed by atoms with Crippen molar-refractivity contribution in [1.29, 1.82) is 0 Å². The number of esters is 2. The van der Waals surface area contributed by atoms with Gasteiger partial charge in [-0.25, -0.2) is 0 Å². The van der Waals surface area contributed by atoms with Crippen molar-refractivity contribution in [1.82, 2.24) is 4.90 Å². The van der Waals surface area contributed by atoms with Crippen molar-refractivity contribution in [2.24, 2.45) is 11.8 Å². The highest BCUT2D eigenvalue weighted by atomic mass is 16.5. The Morgan fingerprint density at radius 2 is 1.13 bits per heavy atom. The van der Waals surface area contributed by atoms with E-state index in [-0.39, 0.29) is 24.0 Å². The maximum atomic E-state index is 12.5. The van der Waals surface area contributed by atoms with E-state index in [4.69, 9.17) is 14.2 Å². The molecule has 6 heteroatoms. The minimum atomic E-state index is -0.0175. The molecule has 0 aromatic carbocycles. The fraction of sp³-hybridized carbons (Fsp3) is 0.950. The van der Waals surface area contributed by atoms with E-state index in [2.05, 4.69) is 11.8 Å². The average molecular weight is 650 g/mol. The van der Waals surface area contributed by atoms with E-state index in [0.29, 0.717) is 19.1 Å². The molecule has 6 nitrogen and oxygen atoms in total. The van der Waals surface area contributed by atoms with E-state index in [9.17, 15) is 9.59 Å². The number of nitrogens with zero attached hydrogens (tertiary/aromatic N) is 1. The van der Waals surface area contributed by atoms with E-state index in [1.54, 1.807) is 0 Å². The third-order valence-corrected chi connectivity index (χ3v) is 10.5. The summed E-state index contributed by atoms with van der Waals surface area (Å²) < 4.78 is 17.7. The highest BCUT2D eigenvalue weighted by molar-refractivity contribution is 5.72. The summed E-state index contributed by atoms with van der Waals surface area (Å²) in [6.45, 7) is 4.73. The summed E-state index contributed by atoms with van der Waals surface area (Å²) in [5.41, 5.74) is 0. The topological polar surface area (TPSA) is 65.1 Å². The molecular formula is C40H75NO5. The van der Waals surface area contributed by atoms with Gasteiger partial charge in [-0.2, -0.15) is 0 Å². The fourth-order valence-corrected chi connectivity index (χ4v) is 7.40. The Bertz CT molecular complexity index is 731. The minimum absolute atomic E-state index is 0.0175. The van der Waals surface area contributed by atoms with E-state index in [1.807, 2.05) is 14.1 Å². The molecule has 2 fully saturated rings. The minimum Gasteiger partial charge on any atom is -0.465 e. The molecule has 2 saturated carbocycles. The summed E-state index contributed by atoms with van der Waals surface area (Å²) in [6.07, 6.45) is 33.4. The molecular weight excluding hydrogens is 574 g/mol. The normalized spacial score (nSPS) is 17.7. The van der Waals surface area contributed by atoms with Crippen molar-refractivity contribution in [2.75, 3.05) is 33.9 Å². The lowest BCUT2D eigenvalue weighted by atomic mass is 9.86. The Labute approximate surface area is 284 Å². The van der Waals surface area contributed by atoms with Crippen molar-refractivity contribution in [2.45, 2.75) is 199 Å². The average Bonchev–Trinajstić information content (AvgIpc) is 3.06. The molecule has 2 aliphatic rings. The standard InChI is InChI=1S/C40H75NO5/c1-35(36-25-16-14-17-26-36)44-33-22-12-8-4-6-10-20-29-38(46-39(42)31-24-32-41(2)3)30-21-11-7-5-9-13-23-34-45-40(43)37-27-18-15-19-28-37/h35-38H,4-34H2,1-3H3. The number of carbonyl (C=O) groups excluding carboxylic acids is 2. The van der Waals surface area contributed by atoms with Crippen molar-refractivity contribution >= 4 is 11.9 Å². The second kappa shape index (κ2) is 27.8. The van der Waals surface area contributed by atoms with E-state index < -0.39 is 0 Å². The molecule has 2 rings (SSSR count). The Morgan fingerprint density at radius 3 is 1.70 bits per heavy atom. The van der Waals surface area contributed by atoms with Gasteiger partial charge in [-0.15, -0.1) is 0 Å². The molecule has 0 radical (unpaired) electrons. The van der Waals surface area contributed by atoms with Crippen LogP contribution in [0.4, 0.5) is 0 Å². The van der Waals surface area contributed by atoms with Gasteiger partial charge >= 0.3 is 11.9 Å². The lowest BCUT2D eigenvalue weighted by Gasteiger charge is -2.27. The van der Waals surface area contributed by atoms with Crippen LogP contribution in [0.3, 0.4) is 0 Å². The van der Waals surface area contributed by atoms with Gasteiger partial charge in [-0.3, -0.25) is 9.59 Å². The van der Waals surface area contributed by atoms with E-state index in [1.165, 1.54) is 116 Å². The van der Waals surface area contributed by atoms with Crippen LogP contribution in [0.15, 0.2) is 0 Å². The second-order valence-electron chi connectivity index (χ2n) is 15.0. The van der Waals surface area contributed by atoms with E-state index >= 15 is 0 Å². The number of ether oxygens (including phenoxy) is 3. The first-order valence-electron chi connectivity index (χ1n) is 20.1. The van der Waals surface area contributed by atoms with Crippen LogP contribution < -0.4 is 0 Å². The zero-order valence-corrected chi connectivity index (χ0v) is 30.7. The molecule has 2 aliphatic carbocycles. The largest absolute Gasteiger partial charge is 0.465 e. The van der Waals surface area contributed by atoms with Gasteiger partial charge < -0.3 is 19.1 Å². The summed E-state index contributed by atoms with van der Waals surface area (Å²) in [6, 6.07) is 0. The maximum Gasteiger partial charge on any atom is 0.308 e. The first kappa shape index (κ1) is 41.0. The monoisotopic (exact) mass is 650 g/mol. The third kappa shape index (κ3) is 21.7. The fourth-order valence-electron chi connectivity index (χ4n) is 7.40. The van der Waals surface area contributed by atoms with Gasteiger partial charge in [0.15, 0.2) is 0 Å². The van der Waals surface area contributed by atoms with Crippen LogP contribution in [-0.2, 0) is 23.8 Å². The van der Waals surface area contributed by atoms with Gasteiger partial charge in [-0.05, 0) is 104 Å². The Hall–Kier alpha value is -1.14. The van der Waals surface area contributed by atoms with Crippen LogP contribution in [0.5, 0.6) is 0 Å². The first-order chi connectivity index (χ1) is 22.5. The molecule has 0 N–H and O–H groups in total. The summed E-state index contributed by atoms with van der Waals surface area (Å²) in [5, 5.41) is 0. The summed E-state index contributed by atoms with van der Waals surface area (Å²) >= 11 is 0. The zero-order valence-electron chi connectivity index (χ0n) is 30.7. The van der Waals surface area contributed by atoms with Crippen molar-refractivity contribution in [3.8, 4) is 0 Å². The predicted molar refractivity (Wildman–Crippen MR) is 191 cm³/mol. The first-order valence-corrected chi connectivity index (χ1v) is 20.1. The van der Waals surface area contributed by atoms with Crippen LogP contribution in [0.1, 0.15) is 187 Å². The molecule has 0 aromatic heterocycles. The number of carbonyl (C=O) groups is 2. The van der Waals surface area contributed by atoms with Crippen molar-refractivity contribution in [3.63, 3.8) is 0 Å². The molecule has 0 amide bonds. The van der Waals surface area contributed by atoms with Gasteiger partial charge in [0.25, 0.3) is 0 Å². The molecule has 0 saturated heterocycles. The quantitative estimate of drug-likeness (QED) is 0.0621. The molecule has 0 aliphatic heterocycles.